The average Bonchev–Trinajstić information content (AvgIpc) is 3.17. The number of nitrogens with zero attached hydrogens (tertiary/aromatic N) is 4. The van der Waals surface area contributed by atoms with Gasteiger partial charge in [0.05, 0.1) is 6.54 Å². The van der Waals surface area contributed by atoms with Gasteiger partial charge in [-0.15, -0.1) is 0 Å². The number of amides is 1. The number of rotatable bonds is 4. The van der Waals surface area contributed by atoms with E-state index in [1.807, 2.05) is 31.2 Å². The number of piperazine rings is 1. The average molecular weight is 398 g/mol. The van der Waals surface area contributed by atoms with Gasteiger partial charge in [-0.05, 0) is 19.1 Å². The molecule has 2 heterocycles. The van der Waals surface area contributed by atoms with Crippen molar-refractivity contribution >= 4 is 5.91 Å². The molecular formula is C21H20F2N4O2. The Labute approximate surface area is 166 Å². The second-order valence-corrected chi connectivity index (χ2v) is 7.04. The molecule has 1 aromatic heterocycles. The van der Waals surface area contributed by atoms with Gasteiger partial charge in [-0.25, -0.2) is 8.78 Å². The second kappa shape index (κ2) is 8.08. The Balaban J connectivity index is 1.36. The fourth-order valence-electron chi connectivity index (χ4n) is 3.30. The molecule has 0 N–H and O–H groups in total. The lowest BCUT2D eigenvalue weighted by molar-refractivity contribution is 0.0606. The predicted octanol–water partition coefficient (Wildman–Crippen LogP) is 3.28. The zero-order valence-corrected chi connectivity index (χ0v) is 15.9. The van der Waals surface area contributed by atoms with Gasteiger partial charge in [0.2, 0.25) is 11.7 Å². The molecule has 0 aliphatic carbocycles. The van der Waals surface area contributed by atoms with Crippen molar-refractivity contribution in [3.8, 4) is 11.4 Å². The number of benzene rings is 2. The minimum Gasteiger partial charge on any atom is -0.338 e. The summed E-state index contributed by atoms with van der Waals surface area (Å²) in [5.74, 6) is -1.29. The SMILES string of the molecule is Cc1ccc(-c2noc(CN3CCN(C(=O)c4c(F)cccc4F)CC3)n2)cc1. The lowest BCUT2D eigenvalue weighted by Gasteiger charge is -2.34. The van der Waals surface area contributed by atoms with Crippen molar-refractivity contribution in [3.05, 3.63) is 71.1 Å². The van der Waals surface area contributed by atoms with E-state index in [1.165, 1.54) is 11.0 Å². The second-order valence-electron chi connectivity index (χ2n) is 7.04. The molecular weight excluding hydrogens is 378 g/mol. The Morgan fingerprint density at radius 2 is 1.69 bits per heavy atom. The van der Waals surface area contributed by atoms with Crippen LogP contribution in [0.4, 0.5) is 8.78 Å². The summed E-state index contributed by atoms with van der Waals surface area (Å²) in [5.41, 5.74) is 1.54. The highest BCUT2D eigenvalue weighted by Gasteiger charge is 2.27. The van der Waals surface area contributed by atoms with E-state index in [4.69, 9.17) is 4.52 Å². The Hall–Kier alpha value is -3.13. The Morgan fingerprint density at radius 1 is 1.03 bits per heavy atom. The van der Waals surface area contributed by atoms with Crippen LogP contribution < -0.4 is 0 Å². The molecule has 6 nitrogen and oxygen atoms in total. The normalized spacial score (nSPS) is 14.9. The molecule has 0 atom stereocenters. The summed E-state index contributed by atoms with van der Waals surface area (Å²) in [5, 5.41) is 4.02. The molecule has 1 aliphatic heterocycles. The molecule has 2 aromatic carbocycles. The van der Waals surface area contributed by atoms with Crippen LogP contribution in [-0.4, -0.2) is 52.0 Å². The third-order valence-electron chi connectivity index (χ3n) is 4.97. The highest BCUT2D eigenvalue weighted by molar-refractivity contribution is 5.94. The Kier molecular flexibility index (Phi) is 5.35. The fourth-order valence-corrected chi connectivity index (χ4v) is 3.30. The van der Waals surface area contributed by atoms with Crippen molar-refractivity contribution in [2.24, 2.45) is 0 Å². The van der Waals surface area contributed by atoms with Gasteiger partial charge >= 0.3 is 0 Å². The zero-order chi connectivity index (χ0) is 20.4. The van der Waals surface area contributed by atoms with Crippen LogP contribution in [0.5, 0.6) is 0 Å². The van der Waals surface area contributed by atoms with Crippen LogP contribution in [0.25, 0.3) is 11.4 Å². The Morgan fingerprint density at radius 3 is 2.34 bits per heavy atom. The van der Waals surface area contributed by atoms with Gasteiger partial charge in [-0.1, -0.05) is 41.1 Å². The van der Waals surface area contributed by atoms with Crippen LogP contribution in [0.2, 0.25) is 0 Å². The van der Waals surface area contributed by atoms with E-state index >= 15 is 0 Å². The number of carbonyl (C=O) groups is 1. The molecule has 3 aromatic rings. The molecule has 8 heteroatoms. The van der Waals surface area contributed by atoms with E-state index in [0.717, 1.165) is 23.3 Å². The van der Waals surface area contributed by atoms with Gasteiger partial charge in [0.25, 0.3) is 5.91 Å². The third kappa shape index (κ3) is 4.17. The summed E-state index contributed by atoms with van der Waals surface area (Å²) in [6.07, 6.45) is 0. The number of aromatic nitrogens is 2. The third-order valence-corrected chi connectivity index (χ3v) is 4.97. The summed E-state index contributed by atoms with van der Waals surface area (Å²) in [4.78, 5) is 20.4. The molecule has 4 rings (SSSR count). The van der Waals surface area contributed by atoms with Gasteiger partial charge < -0.3 is 9.42 Å². The lowest BCUT2D eigenvalue weighted by Crippen LogP contribution is -2.48. The molecule has 1 fully saturated rings. The zero-order valence-electron chi connectivity index (χ0n) is 15.9. The van der Waals surface area contributed by atoms with Crippen molar-refractivity contribution in [3.63, 3.8) is 0 Å². The van der Waals surface area contributed by atoms with E-state index in [0.29, 0.717) is 44.4 Å². The van der Waals surface area contributed by atoms with Gasteiger partial charge in [-0.3, -0.25) is 9.69 Å². The number of hydrogen-bond donors (Lipinski definition) is 0. The maximum absolute atomic E-state index is 13.9. The summed E-state index contributed by atoms with van der Waals surface area (Å²) in [7, 11) is 0. The number of aryl methyl sites for hydroxylation is 1. The fraction of sp³-hybridized carbons (Fsp3) is 0.286. The first-order chi connectivity index (χ1) is 14.0. The van der Waals surface area contributed by atoms with Crippen molar-refractivity contribution < 1.29 is 18.1 Å². The van der Waals surface area contributed by atoms with Crippen molar-refractivity contribution in [1.82, 2.24) is 19.9 Å². The van der Waals surface area contributed by atoms with Crippen molar-refractivity contribution in [1.29, 1.82) is 0 Å². The van der Waals surface area contributed by atoms with Crippen LogP contribution in [0.1, 0.15) is 21.8 Å². The van der Waals surface area contributed by atoms with Crippen LogP contribution >= 0.6 is 0 Å². The number of hydrogen-bond acceptors (Lipinski definition) is 5. The highest BCUT2D eigenvalue weighted by Crippen LogP contribution is 2.19. The van der Waals surface area contributed by atoms with Gasteiger partial charge in [0.1, 0.15) is 17.2 Å². The first kappa shape index (κ1) is 19.2. The first-order valence-corrected chi connectivity index (χ1v) is 9.36. The van der Waals surface area contributed by atoms with Gasteiger partial charge in [0, 0.05) is 31.7 Å². The van der Waals surface area contributed by atoms with E-state index in [2.05, 4.69) is 15.0 Å². The molecule has 0 unspecified atom stereocenters. The quantitative estimate of drug-likeness (QED) is 0.675. The summed E-state index contributed by atoms with van der Waals surface area (Å²) >= 11 is 0. The number of halogens is 2. The summed E-state index contributed by atoms with van der Waals surface area (Å²) in [6, 6.07) is 11.3. The van der Waals surface area contributed by atoms with Crippen molar-refractivity contribution in [2.45, 2.75) is 13.5 Å². The molecule has 0 bridgehead atoms. The van der Waals surface area contributed by atoms with Crippen LogP contribution in [-0.2, 0) is 6.54 Å². The largest absolute Gasteiger partial charge is 0.338 e. The van der Waals surface area contributed by atoms with E-state index in [9.17, 15) is 13.6 Å². The van der Waals surface area contributed by atoms with E-state index < -0.39 is 23.1 Å². The Bertz CT molecular complexity index is 992. The van der Waals surface area contributed by atoms with Crippen molar-refractivity contribution in [2.75, 3.05) is 26.2 Å². The molecule has 150 valence electrons. The maximum atomic E-state index is 13.9. The minimum atomic E-state index is -0.841. The molecule has 1 amide bonds. The maximum Gasteiger partial charge on any atom is 0.259 e. The molecule has 1 saturated heterocycles. The molecule has 29 heavy (non-hydrogen) atoms. The summed E-state index contributed by atoms with van der Waals surface area (Å²) in [6.45, 7) is 4.29. The standard InChI is InChI=1S/C21H20F2N4O2/c1-14-5-7-15(8-6-14)20-24-18(29-25-20)13-26-9-11-27(12-10-26)21(28)19-16(22)3-2-4-17(19)23/h2-8H,9-13H2,1H3. The van der Waals surface area contributed by atoms with Crippen LogP contribution in [0.3, 0.4) is 0 Å². The molecule has 1 aliphatic rings. The smallest absolute Gasteiger partial charge is 0.259 e. The number of carbonyl (C=O) groups excluding carboxylic acids is 1. The van der Waals surface area contributed by atoms with Gasteiger partial charge in [-0.2, -0.15) is 4.98 Å². The van der Waals surface area contributed by atoms with E-state index in [-0.39, 0.29) is 0 Å². The molecule has 0 saturated carbocycles. The van der Waals surface area contributed by atoms with Gasteiger partial charge in [0.15, 0.2) is 0 Å². The predicted molar refractivity (Wildman–Crippen MR) is 102 cm³/mol. The van der Waals surface area contributed by atoms with Crippen LogP contribution in [0.15, 0.2) is 47.0 Å². The monoisotopic (exact) mass is 398 g/mol. The molecule has 0 radical (unpaired) electrons. The molecule has 0 spiro atoms. The first-order valence-electron chi connectivity index (χ1n) is 9.36. The topological polar surface area (TPSA) is 62.5 Å². The minimum absolute atomic E-state index is 0.367. The lowest BCUT2D eigenvalue weighted by atomic mass is 10.1. The van der Waals surface area contributed by atoms with E-state index in [1.54, 1.807) is 0 Å². The highest BCUT2D eigenvalue weighted by atomic mass is 19.1. The van der Waals surface area contributed by atoms with Crippen LogP contribution in [0, 0.1) is 18.6 Å². The summed E-state index contributed by atoms with van der Waals surface area (Å²) < 4.78 is 33.1.